The first-order valence-electron chi connectivity index (χ1n) is 7.70. The van der Waals surface area contributed by atoms with Crippen LogP contribution < -0.4 is 4.72 Å². The van der Waals surface area contributed by atoms with E-state index in [1.54, 1.807) is 12.1 Å². The van der Waals surface area contributed by atoms with Gasteiger partial charge in [0, 0.05) is 12.0 Å². The summed E-state index contributed by atoms with van der Waals surface area (Å²) in [5, 5.41) is 0. The number of epoxide rings is 1. The SMILES string of the molecule is Cc1ccc(S(=O)(=O)NCC2(C3CO3)CCCCC2)cc1. The van der Waals surface area contributed by atoms with Crippen molar-refractivity contribution >= 4 is 10.0 Å². The van der Waals surface area contributed by atoms with E-state index in [9.17, 15) is 8.42 Å². The van der Waals surface area contributed by atoms with Crippen LogP contribution >= 0.6 is 0 Å². The van der Waals surface area contributed by atoms with Crippen LogP contribution in [0.15, 0.2) is 29.2 Å². The largest absolute Gasteiger partial charge is 0.372 e. The molecule has 1 saturated carbocycles. The maximum absolute atomic E-state index is 12.4. The Balaban J connectivity index is 1.71. The third-order valence-corrected chi connectivity index (χ3v) is 6.23. The quantitative estimate of drug-likeness (QED) is 0.851. The Hall–Kier alpha value is -0.910. The van der Waals surface area contributed by atoms with Crippen molar-refractivity contribution in [2.75, 3.05) is 13.2 Å². The van der Waals surface area contributed by atoms with Crippen molar-refractivity contribution in [1.82, 2.24) is 4.72 Å². The molecule has 2 fully saturated rings. The molecule has 116 valence electrons. The van der Waals surface area contributed by atoms with Gasteiger partial charge in [-0.1, -0.05) is 37.0 Å². The highest BCUT2D eigenvalue weighted by Crippen LogP contribution is 2.44. The second-order valence-corrected chi connectivity index (χ2v) is 8.15. The van der Waals surface area contributed by atoms with Crippen LogP contribution in [-0.2, 0) is 14.8 Å². The molecular weight excluding hydrogens is 286 g/mol. The van der Waals surface area contributed by atoms with Gasteiger partial charge in [-0.2, -0.15) is 0 Å². The summed E-state index contributed by atoms with van der Waals surface area (Å²) >= 11 is 0. The Labute approximate surface area is 126 Å². The van der Waals surface area contributed by atoms with Gasteiger partial charge in [0.2, 0.25) is 10.0 Å². The standard InChI is InChI=1S/C16H23NO3S/c1-13-5-7-14(8-6-13)21(18,19)17-12-16(15-11-20-15)9-3-2-4-10-16/h5-8,15,17H,2-4,9-12H2,1H3. The van der Waals surface area contributed by atoms with Crippen LogP contribution in [0.25, 0.3) is 0 Å². The molecule has 1 unspecified atom stereocenters. The van der Waals surface area contributed by atoms with Crippen molar-refractivity contribution in [3.05, 3.63) is 29.8 Å². The Kier molecular flexibility index (Phi) is 4.08. The van der Waals surface area contributed by atoms with E-state index in [0.717, 1.165) is 25.0 Å². The molecule has 1 saturated heterocycles. The zero-order chi connectivity index (χ0) is 14.9. The van der Waals surface area contributed by atoms with Crippen molar-refractivity contribution in [2.45, 2.75) is 50.0 Å². The van der Waals surface area contributed by atoms with E-state index in [4.69, 9.17) is 4.74 Å². The van der Waals surface area contributed by atoms with Crippen LogP contribution in [0.2, 0.25) is 0 Å². The van der Waals surface area contributed by atoms with E-state index in [-0.39, 0.29) is 11.5 Å². The number of hydrogen-bond acceptors (Lipinski definition) is 3. The predicted molar refractivity (Wildman–Crippen MR) is 81.6 cm³/mol. The van der Waals surface area contributed by atoms with Gasteiger partial charge in [0.05, 0.1) is 17.6 Å². The minimum atomic E-state index is -3.43. The Bertz CT molecular complexity index is 584. The summed E-state index contributed by atoms with van der Waals surface area (Å²) < 4.78 is 33.2. The minimum Gasteiger partial charge on any atom is -0.372 e. The molecule has 1 aliphatic heterocycles. The molecule has 1 N–H and O–H groups in total. The lowest BCUT2D eigenvalue weighted by molar-refractivity contribution is 0.136. The summed E-state index contributed by atoms with van der Waals surface area (Å²) in [6, 6.07) is 6.99. The van der Waals surface area contributed by atoms with E-state index in [1.807, 2.05) is 19.1 Å². The maximum Gasteiger partial charge on any atom is 0.240 e. The van der Waals surface area contributed by atoms with Gasteiger partial charge in [-0.3, -0.25) is 0 Å². The van der Waals surface area contributed by atoms with Crippen molar-refractivity contribution in [2.24, 2.45) is 5.41 Å². The fourth-order valence-corrected chi connectivity index (χ4v) is 4.45. The second-order valence-electron chi connectivity index (χ2n) is 6.38. The topological polar surface area (TPSA) is 58.7 Å². The average molecular weight is 309 g/mol. The molecule has 1 heterocycles. The number of hydrogen-bond donors (Lipinski definition) is 1. The summed E-state index contributed by atoms with van der Waals surface area (Å²) in [6.07, 6.45) is 5.97. The number of ether oxygens (including phenoxy) is 1. The van der Waals surface area contributed by atoms with E-state index in [1.165, 1.54) is 19.3 Å². The van der Waals surface area contributed by atoms with Gasteiger partial charge < -0.3 is 4.74 Å². The fraction of sp³-hybridized carbons (Fsp3) is 0.625. The average Bonchev–Trinajstić information content (AvgIpc) is 3.32. The summed E-state index contributed by atoms with van der Waals surface area (Å²) in [5.74, 6) is 0. The second kappa shape index (κ2) is 5.71. The van der Waals surface area contributed by atoms with E-state index >= 15 is 0 Å². The highest BCUT2D eigenvalue weighted by atomic mass is 32.2. The van der Waals surface area contributed by atoms with Gasteiger partial charge in [-0.25, -0.2) is 13.1 Å². The van der Waals surface area contributed by atoms with Crippen LogP contribution in [0, 0.1) is 12.3 Å². The molecule has 5 heteroatoms. The van der Waals surface area contributed by atoms with Crippen LogP contribution in [0.3, 0.4) is 0 Å². The Morgan fingerprint density at radius 3 is 2.38 bits per heavy atom. The van der Waals surface area contributed by atoms with Crippen molar-refractivity contribution in [1.29, 1.82) is 0 Å². The van der Waals surface area contributed by atoms with Crippen molar-refractivity contribution in [3.63, 3.8) is 0 Å². The zero-order valence-electron chi connectivity index (χ0n) is 12.5. The molecular formula is C16H23NO3S. The number of rotatable bonds is 5. The Morgan fingerprint density at radius 1 is 1.19 bits per heavy atom. The van der Waals surface area contributed by atoms with E-state index in [2.05, 4.69) is 4.72 Å². The summed E-state index contributed by atoms with van der Waals surface area (Å²) in [7, 11) is -3.43. The van der Waals surface area contributed by atoms with E-state index in [0.29, 0.717) is 11.4 Å². The third kappa shape index (κ3) is 3.30. The monoisotopic (exact) mass is 309 g/mol. The number of nitrogens with one attached hydrogen (secondary N) is 1. The molecule has 0 amide bonds. The van der Waals surface area contributed by atoms with Crippen LogP contribution in [0.5, 0.6) is 0 Å². The molecule has 21 heavy (non-hydrogen) atoms. The van der Waals surface area contributed by atoms with Crippen LogP contribution in [0.4, 0.5) is 0 Å². The minimum absolute atomic E-state index is 0.00994. The van der Waals surface area contributed by atoms with Crippen molar-refractivity contribution in [3.8, 4) is 0 Å². The third-order valence-electron chi connectivity index (χ3n) is 4.81. The molecule has 0 spiro atoms. The smallest absolute Gasteiger partial charge is 0.240 e. The lowest BCUT2D eigenvalue weighted by Crippen LogP contribution is -2.42. The van der Waals surface area contributed by atoms with Crippen molar-refractivity contribution < 1.29 is 13.2 Å². The first-order valence-corrected chi connectivity index (χ1v) is 9.18. The van der Waals surface area contributed by atoms with Gasteiger partial charge >= 0.3 is 0 Å². The normalized spacial score (nSPS) is 24.7. The van der Waals surface area contributed by atoms with Gasteiger partial charge in [-0.15, -0.1) is 0 Å². The molecule has 0 radical (unpaired) electrons. The first-order chi connectivity index (χ1) is 10.0. The maximum atomic E-state index is 12.4. The molecule has 2 aliphatic rings. The number of sulfonamides is 1. The molecule has 0 aromatic heterocycles. The highest BCUT2D eigenvalue weighted by Gasteiger charge is 2.47. The zero-order valence-corrected chi connectivity index (χ0v) is 13.3. The number of benzene rings is 1. The van der Waals surface area contributed by atoms with Crippen LogP contribution in [-0.4, -0.2) is 27.7 Å². The Morgan fingerprint density at radius 2 is 1.81 bits per heavy atom. The summed E-state index contributed by atoms with van der Waals surface area (Å²) in [6.45, 7) is 3.23. The van der Waals surface area contributed by atoms with Gasteiger partial charge in [-0.05, 0) is 31.9 Å². The lowest BCUT2D eigenvalue weighted by atomic mass is 9.72. The predicted octanol–water partition coefficient (Wildman–Crippen LogP) is 2.62. The molecule has 1 aromatic rings. The molecule has 0 bridgehead atoms. The first kappa shape index (κ1) is 15.0. The molecule has 4 nitrogen and oxygen atoms in total. The van der Waals surface area contributed by atoms with Gasteiger partial charge in [0.25, 0.3) is 0 Å². The fourth-order valence-electron chi connectivity index (χ4n) is 3.31. The molecule has 1 atom stereocenters. The number of aryl methyl sites for hydroxylation is 1. The molecule has 1 aliphatic carbocycles. The van der Waals surface area contributed by atoms with Gasteiger partial charge in [0.15, 0.2) is 0 Å². The highest BCUT2D eigenvalue weighted by molar-refractivity contribution is 7.89. The molecule has 1 aromatic carbocycles. The van der Waals surface area contributed by atoms with Gasteiger partial charge in [0.1, 0.15) is 0 Å². The van der Waals surface area contributed by atoms with Crippen LogP contribution in [0.1, 0.15) is 37.7 Å². The lowest BCUT2D eigenvalue weighted by Gasteiger charge is -2.36. The summed E-state index contributed by atoms with van der Waals surface area (Å²) in [4.78, 5) is 0.343. The summed E-state index contributed by atoms with van der Waals surface area (Å²) in [5.41, 5.74) is 1.07. The molecule has 3 rings (SSSR count). The van der Waals surface area contributed by atoms with E-state index < -0.39 is 10.0 Å².